The van der Waals surface area contributed by atoms with Gasteiger partial charge in [0.25, 0.3) is 0 Å². The summed E-state index contributed by atoms with van der Waals surface area (Å²) in [5.74, 6) is -1.56. The number of halogens is 2. The van der Waals surface area contributed by atoms with Crippen LogP contribution in [0.5, 0.6) is 0 Å². The lowest BCUT2D eigenvalue weighted by Crippen LogP contribution is -2.23. The summed E-state index contributed by atoms with van der Waals surface area (Å²) in [4.78, 5) is 11.6. The van der Waals surface area contributed by atoms with Gasteiger partial charge in [-0.05, 0) is 12.8 Å². The average molecular weight is 269 g/mol. The van der Waals surface area contributed by atoms with Crippen molar-refractivity contribution in [3.8, 4) is 10.8 Å². The Morgan fingerprint density at radius 2 is 2.11 bits per heavy atom. The summed E-state index contributed by atoms with van der Waals surface area (Å²) >= 11 is 1.51. The monoisotopic (exact) mass is 269 g/mol. The maximum absolute atomic E-state index is 13.1. The molecule has 18 heavy (non-hydrogen) atoms. The highest BCUT2D eigenvalue weighted by Crippen LogP contribution is 2.41. The predicted octanol–water partition coefficient (Wildman–Crippen LogP) is 3.83. The molecule has 1 saturated carbocycles. The zero-order valence-electron chi connectivity index (χ0n) is 9.70. The number of aromatic amines is 1. The molecule has 0 spiro atoms. The minimum absolute atomic E-state index is 0.0225. The van der Waals surface area contributed by atoms with Crippen molar-refractivity contribution < 1.29 is 8.78 Å². The molecule has 1 N–H and O–H groups in total. The summed E-state index contributed by atoms with van der Waals surface area (Å²) in [7, 11) is 0. The lowest BCUT2D eigenvalue weighted by molar-refractivity contribution is -0.0384. The Bertz CT molecular complexity index is 511. The maximum Gasteiger partial charge on any atom is 0.248 e. The van der Waals surface area contributed by atoms with Crippen LogP contribution in [-0.2, 0) is 0 Å². The van der Waals surface area contributed by atoms with Gasteiger partial charge in [-0.3, -0.25) is 0 Å². The van der Waals surface area contributed by atoms with Crippen LogP contribution in [0.2, 0.25) is 0 Å². The Labute approximate surface area is 107 Å². The SMILES string of the molecule is FC1(F)CCC(c2csc(-c3ncc[nH]3)n2)CC1. The molecule has 2 aromatic rings. The number of aromatic nitrogens is 3. The van der Waals surface area contributed by atoms with E-state index in [0.717, 1.165) is 16.5 Å². The molecule has 0 saturated heterocycles. The van der Waals surface area contributed by atoms with E-state index < -0.39 is 5.92 Å². The number of nitrogens with zero attached hydrogens (tertiary/aromatic N) is 2. The van der Waals surface area contributed by atoms with Crippen LogP contribution in [0.4, 0.5) is 8.78 Å². The minimum atomic E-state index is -2.48. The molecule has 96 valence electrons. The van der Waals surface area contributed by atoms with Crippen LogP contribution in [0.15, 0.2) is 17.8 Å². The fourth-order valence-electron chi connectivity index (χ4n) is 2.30. The number of H-pyrrole nitrogens is 1. The van der Waals surface area contributed by atoms with Crippen LogP contribution in [0, 0.1) is 0 Å². The van der Waals surface area contributed by atoms with E-state index in [1.165, 1.54) is 11.3 Å². The number of nitrogens with one attached hydrogen (secondary N) is 1. The molecule has 0 bridgehead atoms. The highest BCUT2D eigenvalue weighted by atomic mass is 32.1. The molecule has 1 aliphatic carbocycles. The largest absolute Gasteiger partial charge is 0.343 e. The van der Waals surface area contributed by atoms with Gasteiger partial charge in [-0.25, -0.2) is 18.7 Å². The average Bonchev–Trinajstić information content (AvgIpc) is 2.99. The van der Waals surface area contributed by atoms with Crippen LogP contribution in [0.3, 0.4) is 0 Å². The normalized spacial score (nSPS) is 20.1. The van der Waals surface area contributed by atoms with E-state index >= 15 is 0 Å². The van der Waals surface area contributed by atoms with Crippen LogP contribution in [0.25, 0.3) is 10.8 Å². The fourth-order valence-corrected chi connectivity index (χ4v) is 3.16. The van der Waals surface area contributed by atoms with Gasteiger partial charge >= 0.3 is 0 Å². The minimum Gasteiger partial charge on any atom is -0.343 e. The first-order valence-corrected chi connectivity index (χ1v) is 6.85. The van der Waals surface area contributed by atoms with Gasteiger partial charge in [-0.15, -0.1) is 11.3 Å². The number of hydrogen-bond acceptors (Lipinski definition) is 3. The molecule has 2 aromatic heterocycles. The van der Waals surface area contributed by atoms with Crippen molar-refractivity contribution in [2.24, 2.45) is 0 Å². The Morgan fingerprint density at radius 1 is 1.33 bits per heavy atom. The van der Waals surface area contributed by atoms with Crippen molar-refractivity contribution in [1.82, 2.24) is 15.0 Å². The number of thiazole rings is 1. The lowest BCUT2D eigenvalue weighted by atomic mass is 9.85. The van der Waals surface area contributed by atoms with Gasteiger partial charge < -0.3 is 4.98 Å². The van der Waals surface area contributed by atoms with E-state index in [-0.39, 0.29) is 18.8 Å². The number of rotatable bonds is 2. The molecule has 3 nitrogen and oxygen atoms in total. The van der Waals surface area contributed by atoms with E-state index in [1.54, 1.807) is 12.4 Å². The Morgan fingerprint density at radius 3 is 2.78 bits per heavy atom. The highest BCUT2D eigenvalue weighted by Gasteiger charge is 2.36. The third-order valence-corrected chi connectivity index (χ3v) is 4.23. The van der Waals surface area contributed by atoms with E-state index in [1.807, 2.05) is 5.38 Å². The molecular formula is C12H13F2N3S. The van der Waals surface area contributed by atoms with Gasteiger partial charge in [0.1, 0.15) is 0 Å². The molecule has 2 heterocycles. The van der Waals surface area contributed by atoms with Crippen molar-refractivity contribution >= 4 is 11.3 Å². The molecule has 0 radical (unpaired) electrons. The fraction of sp³-hybridized carbons (Fsp3) is 0.500. The van der Waals surface area contributed by atoms with Gasteiger partial charge in [0.2, 0.25) is 5.92 Å². The van der Waals surface area contributed by atoms with E-state index in [2.05, 4.69) is 15.0 Å². The van der Waals surface area contributed by atoms with Crippen LogP contribution in [0.1, 0.15) is 37.3 Å². The van der Waals surface area contributed by atoms with Crippen molar-refractivity contribution in [1.29, 1.82) is 0 Å². The highest BCUT2D eigenvalue weighted by molar-refractivity contribution is 7.13. The van der Waals surface area contributed by atoms with Gasteiger partial charge in [-0.1, -0.05) is 0 Å². The number of alkyl halides is 2. The second-order valence-corrected chi connectivity index (χ2v) is 5.50. The molecule has 1 fully saturated rings. The Hall–Kier alpha value is -1.30. The molecule has 6 heteroatoms. The first-order chi connectivity index (χ1) is 8.64. The van der Waals surface area contributed by atoms with Gasteiger partial charge in [-0.2, -0.15) is 0 Å². The second kappa shape index (κ2) is 4.42. The van der Waals surface area contributed by atoms with Crippen molar-refractivity contribution in [3.05, 3.63) is 23.5 Å². The second-order valence-electron chi connectivity index (χ2n) is 4.65. The summed E-state index contributed by atoms with van der Waals surface area (Å²) in [5, 5.41) is 2.79. The van der Waals surface area contributed by atoms with Crippen LogP contribution < -0.4 is 0 Å². The summed E-state index contributed by atoms with van der Waals surface area (Å²) < 4.78 is 26.2. The van der Waals surface area contributed by atoms with Gasteiger partial charge in [0.15, 0.2) is 10.8 Å². The maximum atomic E-state index is 13.1. The first-order valence-electron chi connectivity index (χ1n) is 5.97. The molecule has 0 atom stereocenters. The number of hydrogen-bond donors (Lipinski definition) is 1. The molecule has 0 amide bonds. The quantitative estimate of drug-likeness (QED) is 0.900. The lowest BCUT2D eigenvalue weighted by Gasteiger charge is -2.27. The van der Waals surface area contributed by atoms with E-state index in [4.69, 9.17) is 0 Å². The van der Waals surface area contributed by atoms with E-state index in [9.17, 15) is 8.78 Å². The Kier molecular flexibility index (Phi) is 2.89. The van der Waals surface area contributed by atoms with Crippen molar-refractivity contribution in [2.75, 3.05) is 0 Å². The number of imidazole rings is 1. The van der Waals surface area contributed by atoms with Gasteiger partial charge in [0.05, 0.1) is 5.69 Å². The summed E-state index contributed by atoms with van der Waals surface area (Å²) in [6.07, 6.45) is 4.42. The predicted molar refractivity (Wildman–Crippen MR) is 65.9 cm³/mol. The topological polar surface area (TPSA) is 41.6 Å². The molecular weight excluding hydrogens is 256 g/mol. The third-order valence-electron chi connectivity index (χ3n) is 3.36. The Balaban J connectivity index is 1.75. The molecule has 0 unspecified atom stereocenters. The zero-order valence-corrected chi connectivity index (χ0v) is 10.5. The van der Waals surface area contributed by atoms with E-state index in [0.29, 0.717) is 12.8 Å². The first kappa shape index (κ1) is 11.8. The molecule has 3 rings (SSSR count). The molecule has 1 aliphatic rings. The molecule has 0 aromatic carbocycles. The third kappa shape index (κ3) is 2.29. The van der Waals surface area contributed by atoms with Crippen molar-refractivity contribution in [2.45, 2.75) is 37.5 Å². The summed E-state index contributed by atoms with van der Waals surface area (Å²) in [5.41, 5.74) is 0.932. The molecule has 0 aliphatic heterocycles. The van der Waals surface area contributed by atoms with Gasteiger partial charge in [0, 0.05) is 36.5 Å². The smallest absolute Gasteiger partial charge is 0.248 e. The standard InChI is InChI=1S/C12H13F2N3S/c13-12(14)3-1-8(2-4-12)9-7-18-11(17-9)10-15-5-6-16-10/h5-8H,1-4H2,(H,15,16). The summed E-state index contributed by atoms with van der Waals surface area (Å²) in [6, 6.07) is 0. The van der Waals surface area contributed by atoms with Crippen LogP contribution in [-0.4, -0.2) is 20.9 Å². The zero-order chi connectivity index (χ0) is 12.6. The van der Waals surface area contributed by atoms with Crippen LogP contribution >= 0.6 is 11.3 Å². The summed E-state index contributed by atoms with van der Waals surface area (Å²) in [6.45, 7) is 0. The van der Waals surface area contributed by atoms with Crippen molar-refractivity contribution in [3.63, 3.8) is 0 Å².